The summed E-state index contributed by atoms with van der Waals surface area (Å²) in [6.45, 7) is 0.701. The fourth-order valence-corrected chi connectivity index (χ4v) is 2.34. The van der Waals surface area contributed by atoms with E-state index in [1.807, 2.05) is 35.3 Å². The van der Waals surface area contributed by atoms with Crippen LogP contribution in [-0.2, 0) is 6.54 Å². The second-order valence-electron chi connectivity index (χ2n) is 4.77. The molecule has 4 aromatic rings. The van der Waals surface area contributed by atoms with E-state index in [4.69, 9.17) is 0 Å². The third kappa shape index (κ3) is 2.16. The summed E-state index contributed by atoms with van der Waals surface area (Å²) in [6, 6.07) is 10.2. The number of nitrogens with one attached hydrogen (secondary N) is 1. The highest BCUT2D eigenvalue weighted by atomic mass is 15.4. The van der Waals surface area contributed by atoms with Gasteiger partial charge < -0.3 is 4.98 Å². The maximum absolute atomic E-state index is 4.24. The molecule has 21 heavy (non-hydrogen) atoms. The standard InChI is InChI=1S/C15H12N6/c1-2-4-11(5-3-1)8-21-9-14(19-20-21)12-7-17-15-13(12)6-16-10-18-15/h1-7,9-10H,8H2,(H,16,17,18). The normalized spacial score (nSPS) is 11.0. The molecule has 0 unspecified atom stereocenters. The molecule has 0 radical (unpaired) electrons. The van der Waals surface area contributed by atoms with Crippen molar-refractivity contribution in [2.45, 2.75) is 6.54 Å². The summed E-state index contributed by atoms with van der Waals surface area (Å²) < 4.78 is 1.83. The lowest BCUT2D eigenvalue weighted by Gasteiger charge is -1.99. The van der Waals surface area contributed by atoms with Crippen LogP contribution in [0, 0.1) is 0 Å². The van der Waals surface area contributed by atoms with Gasteiger partial charge in [-0.2, -0.15) is 0 Å². The van der Waals surface area contributed by atoms with Gasteiger partial charge >= 0.3 is 0 Å². The predicted molar refractivity (Wildman–Crippen MR) is 78.4 cm³/mol. The first-order valence-electron chi connectivity index (χ1n) is 6.62. The summed E-state index contributed by atoms with van der Waals surface area (Å²) in [4.78, 5) is 11.4. The lowest BCUT2D eigenvalue weighted by atomic mass is 10.2. The van der Waals surface area contributed by atoms with Gasteiger partial charge in [0.2, 0.25) is 0 Å². The van der Waals surface area contributed by atoms with Gasteiger partial charge in [-0.3, -0.25) is 0 Å². The van der Waals surface area contributed by atoms with Crippen LogP contribution < -0.4 is 0 Å². The average molecular weight is 276 g/mol. The molecule has 0 bridgehead atoms. The van der Waals surface area contributed by atoms with Crippen LogP contribution in [0.3, 0.4) is 0 Å². The number of rotatable bonds is 3. The molecule has 4 rings (SSSR count). The van der Waals surface area contributed by atoms with Crippen molar-refractivity contribution in [1.29, 1.82) is 0 Å². The Kier molecular flexibility index (Phi) is 2.71. The van der Waals surface area contributed by atoms with Crippen LogP contribution >= 0.6 is 0 Å². The monoisotopic (exact) mass is 276 g/mol. The van der Waals surface area contributed by atoms with Crippen molar-refractivity contribution >= 4 is 11.0 Å². The first kappa shape index (κ1) is 11.8. The molecule has 0 atom stereocenters. The number of nitrogens with zero attached hydrogens (tertiary/aromatic N) is 5. The summed E-state index contributed by atoms with van der Waals surface area (Å²) in [6.07, 6.45) is 7.12. The Morgan fingerprint density at radius 2 is 2.05 bits per heavy atom. The van der Waals surface area contributed by atoms with Crippen molar-refractivity contribution in [1.82, 2.24) is 29.9 Å². The van der Waals surface area contributed by atoms with Gasteiger partial charge in [-0.25, -0.2) is 14.6 Å². The molecule has 0 saturated heterocycles. The number of hydrogen-bond donors (Lipinski definition) is 1. The first-order chi connectivity index (χ1) is 10.4. The fraction of sp³-hybridized carbons (Fsp3) is 0.0667. The van der Waals surface area contributed by atoms with Gasteiger partial charge in [0.05, 0.1) is 12.7 Å². The fourth-order valence-electron chi connectivity index (χ4n) is 2.34. The van der Waals surface area contributed by atoms with E-state index < -0.39 is 0 Å². The van der Waals surface area contributed by atoms with Crippen LogP contribution in [0.25, 0.3) is 22.3 Å². The summed E-state index contributed by atoms with van der Waals surface area (Å²) in [5.41, 5.74) is 3.77. The Bertz CT molecular complexity index is 877. The molecule has 1 N–H and O–H groups in total. The van der Waals surface area contributed by atoms with Crippen LogP contribution in [0.1, 0.15) is 5.56 Å². The number of fused-ring (bicyclic) bond motifs is 1. The third-order valence-corrected chi connectivity index (χ3v) is 3.36. The molecular formula is C15H12N6. The van der Waals surface area contributed by atoms with Crippen molar-refractivity contribution in [3.8, 4) is 11.3 Å². The molecule has 0 spiro atoms. The van der Waals surface area contributed by atoms with E-state index in [-0.39, 0.29) is 0 Å². The summed E-state index contributed by atoms with van der Waals surface area (Å²) >= 11 is 0. The van der Waals surface area contributed by atoms with E-state index in [1.165, 1.54) is 11.9 Å². The van der Waals surface area contributed by atoms with Gasteiger partial charge in [-0.15, -0.1) is 5.10 Å². The van der Waals surface area contributed by atoms with Crippen molar-refractivity contribution in [2.75, 3.05) is 0 Å². The zero-order chi connectivity index (χ0) is 14.1. The van der Waals surface area contributed by atoms with Gasteiger partial charge in [0.15, 0.2) is 0 Å². The Morgan fingerprint density at radius 3 is 2.95 bits per heavy atom. The molecule has 0 aliphatic rings. The molecule has 0 aliphatic heterocycles. The minimum absolute atomic E-state index is 0.701. The quantitative estimate of drug-likeness (QED) is 0.623. The molecule has 0 amide bonds. The lowest BCUT2D eigenvalue weighted by molar-refractivity contribution is 0.650. The van der Waals surface area contributed by atoms with E-state index >= 15 is 0 Å². The van der Waals surface area contributed by atoms with Gasteiger partial charge in [-0.1, -0.05) is 35.5 Å². The van der Waals surface area contributed by atoms with E-state index in [0.29, 0.717) is 6.54 Å². The molecule has 0 saturated carbocycles. The minimum atomic E-state index is 0.701. The lowest BCUT2D eigenvalue weighted by Crippen LogP contribution is -1.99. The largest absolute Gasteiger partial charge is 0.345 e. The highest BCUT2D eigenvalue weighted by molar-refractivity contribution is 5.91. The predicted octanol–water partition coefficient (Wildman–Crippen LogP) is 2.26. The first-order valence-corrected chi connectivity index (χ1v) is 6.62. The van der Waals surface area contributed by atoms with Crippen LogP contribution in [0.4, 0.5) is 0 Å². The van der Waals surface area contributed by atoms with Crippen LogP contribution in [-0.4, -0.2) is 29.9 Å². The number of aromatic nitrogens is 6. The highest BCUT2D eigenvalue weighted by Crippen LogP contribution is 2.24. The molecule has 0 fully saturated rings. The molecule has 3 heterocycles. The van der Waals surface area contributed by atoms with Crippen molar-refractivity contribution in [3.63, 3.8) is 0 Å². The minimum Gasteiger partial charge on any atom is -0.345 e. The van der Waals surface area contributed by atoms with Crippen molar-refractivity contribution < 1.29 is 0 Å². The zero-order valence-electron chi connectivity index (χ0n) is 11.1. The van der Waals surface area contributed by atoms with E-state index in [2.05, 4.69) is 37.4 Å². The summed E-state index contributed by atoms with van der Waals surface area (Å²) in [5.74, 6) is 0. The summed E-state index contributed by atoms with van der Waals surface area (Å²) in [7, 11) is 0. The smallest absolute Gasteiger partial charge is 0.141 e. The maximum atomic E-state index is 4.24. The van der Waals surface area contributed by atoms with E-state index in [0.717, 1.165) is 22.3 Å². The summed E-state index contributed by atoms with van der Waals surface area (Å²) in [5, 5.41) is 9.38. The Labute approximate surface area is 120 Å². The molecule has 102 valence electrons. The number of hydrogen-bond acceptors (Lipinski definition) is 4. The second-order valence-corrected chi connectivity index (χ2v) is 4.77. The Balaban J connectivity index is 1.68. The number of H-pyrrole nitrogens is 1. The number of aromatic amines is 1. The Morgan fingerprint density at radius 1 is 1.14 bits per heavy atom. The topological polar surface area (TPSA) is 72.3 Å². The molecule has 0 aliphatic carbocycles. The molecule has 6 nitrogen and oxygen atoms in total. The van der Waals surface area contributed by atoms with Crippen molar-refractivity contribution in [3.05, 3.63) is 60.8 Å². The third-order valence-electron chi connectivity index (χ3n) is 3.36. The van der Waals surface area contributed by atoms with Gasteiger partial charge in [-0.05, 0) is 5.56 Å². The molecular weight excluding hydrogens is 264 g/mol. The zero-order valence-corrected chi connectivity index (χ0v) is 11.1. The van der Waals surface area contributed by atoms with Crippen LogP contribution in [0.5, 0.6) is 0 Å². The van der Waals surface area contributed by atoms with E-state index in [1.54, 1.807) is 6.20 Å². The van der Waals surface area contributed by atoms with Crippen LogP contribution in [0.15, 0.2) is 55.2 Å². The Hall–Kier alpha value is -3.02. The molecule has 6 heteroatoms. The van der Waals surface area contributed by atoms with Gasteiger partial charge in [0.25, 0.3) is 0 Å². The van der Waals surface area contributed by atoms with E-state index in [9.17, 15) is 0 Å². The second kappa shape index (κ2) is 4.82. The van der Waals surface area contributed by atoms with Gasteiger partial charge in [0, 0.05) is 23.3 Å². The van der Waals surface area contributed by atoms with Crippen LogP contribution in [0.2, 0.25) is 0 Å². The SMILES string of the molecule is c1ccc(Cn2cc(-c3c[nH]c4ncncc34)nn2)cc1. The molecule has 1 aromatic carbocycles. The highest BCUT2D eigenvalue weighted by Gasteiger charge is 2.10. The van der Waals surface area contributed by atoms with Gasteiger partial charge in [0.1, 0.15) is 17.7 Å². The molecule has 3 aromatic heterocycles. The number of benzene rings is 1. The van der Waals surface area contributed by atoms with Crippen molar-refractivity contribution in [2.24, 2.45) is 0 Å². The average Bonchev–Trinajstić information content (AvgIpc) is 3.14. The maximum Gasteiger partial charge on any atom is 0.141 e.